The zero-order chi connectivity index (χ0) is 21.3. The zero-order valence-corrected chi connectivity index (χ0v) is 20.2. The van der Waals surface area contributed by atoms with Crippen molar-refractivity contribution in [3.8, 4) is 28.6 Å². The van der Waals surface area contributed by atoms with Crippen LogP contribution in [0.3, 0.4) is 0 Å². The number of benzene rings is 2. The fraction of sp³-hybridized carbons (Fsp3) is 0.227. The fourth-order valence-electron chi connectivity index (χ4n) is 3.19. The van der Waals surface area contributed by atoms with Gasteiger partial charge in [0.05, 0.1) is 11.1 Å². The van der Waals surface area contributed by atoms with Gasteiger partial charge in [-0.05, 0) is 56.3 Å². The molecule has 2 aromatic carbocycles. The second-order valence-corrected chi connectivity index (χ2v) is 7.55. The van der Waals surface area contributed by atoms with E-state index in [2.05, 4.69) is 10.1 Å². The summed E-state index contributed by atoms with van der Waals surface area (Å²) in [5.74, 6) is 0.336. The normalized spacial score (nSPS) is 11.0. The largest absolute Gasteiger partial charge is 1.00 e. The molecule has 0 fully saturated rings. The summed E-state index contributed by atoms with van der Waals surface area (Å²) in [6, 6.07) is 13.0. The molecule has 0 aliphatic rings. The van der Waals surface area contributed by atoms with Gasteiger partial charge in [-0.1, -0.05) is 16.8 Å². The molecule has 0 N–H and O–H groups in total. The smallest absolute Gasteiger partial charge is 0.550 e. The Labute approximate surface area is 206 Å². The third kappa shape index (κ3) is 5.30. The zero-order valence-electron chi connectivity index (χ0n) is 17.5. The van der Waals surface area contributed by atoms with E-state index < -0.39 is 5.97 Å². The summed E-state index contributed by atoms with van der Waals surface area (Å²) in [5, 5.41) is 16.2. The number of hydrogen-bond donors (Lipinski definition) is 0. The number of aromatic nitrogens is 3. The van der Waals surface area contributed by atoms with Crippen LogP contribution in [0.5, 0.6) is 5.75 Å². The predicted molar refractivity (Wildman–Crippen MR) is 111 cm³/mol. The number of aryl methyl sites for hydroxylation is 1. The van der Waals surface area contributed by atoms with Crippen molar-refractivity contribution < 1.29 is 48.7 Å². The number of aliphatic carboxylic acids is 1. The maximum Gasteiger partial charge on any atom is 1.00 e. The predicted octanol–water partition coefficient (Wildman–Crippen LogP) is 0.943. The molecule has 0 aliphatic heterocycles. The Morgan fingerprint density at radius 3 is 2.68 bits per heavy atom. The van der Waals surface area contributed by atoms with Crippen LogP contribution in [0.2, 0.25) is 5.02 Å². The number of ether oxygens (including phenoxy) is 1. The quantitative estimate of drug-likeness (QED) is 0.391. The maximum absolute atomic E-state index is 10.7. The van der Waals surface area contributed by atoms with Gasteiger partial charge in [0.1, 0.15) is 5.75 Å². The summed E-state index contributed by atoms with van der Waals surface area (Å²) in [7, 11) is 0. The topological polar surface area (TPSA) is 93.2 Å². The van der Waals surface area contributed by atoms with E-state index in [1.54, 1.807) is 12.1 Å². The molecule has 0 bridgehead atoms. The molecule has 9 heteroatoms. The summed E-state index contributed by atoms with van der Waals surface area (Å²) in [4.78, 5) is 15.2. The van der Waals surface area contributed by atoms with Crippen molar-refractivity contribution in [3.05, 3.63) is 53.7 Å². The first-order valence-electron chi connectivity index (χ1n) is 9.50. The van der Waals surface area contributed by atoms with Crippen molar-refractivity contribution in [2.75, 3.05) is 0 Å². The Balaban J connectivity index is 0.00000272. The molecule has 0 spiro atoms. The number of carbonyl (C=O) groups excluding carboxylic acids is 1. The SMILES string of the molecule is CC(C)Oc1ccc(-c2nc(-c3ccc4c(ccn4CCC(=O)[O-])c3)no2)cc1Cl.[Na+]. The molecule has 154 valence electrons. The first-order chi connectivity index (χ1) is 14.4. The van der Waals surface area contributed by atoms with Crippen LogP contribution in [0.25, 0.3) is 33.7 Å². The van der Waals surface area contributed by atoms with Gasteiger partial charge in [-0.3, -0.25) is 0 Å². The molecule has 7 nitrogen and oxygen atoms in total. The first-order valence-corrected chi connectivity index (χ1v) is 9.88. The number of halogens is 1. The van der Waals surface area contributed by atoms with E-state index in [1.165, 1.54) is 0 Å². The summed E-state index contributed by atoms with van der Waals surface area (Å²) in [5.41, 5.74) is 2.42. The molecular formula is C22H19ClN3NaO4. The minimum absolute atomic E-state index is 0. The van der Waals surface area contributed by atoms with Crippen LogP contribution in [0.4, 0.5) is 0 Å². The van der Waals surface area contributed by atoms with Gasteiger partial charge in [-0.15, -0.1) is 0 Å². The minimum atomic E-state index is -1.07. The van der Waals surface area contributed by atoms with E-state index in [0.717, 1.165) is 16.5 Å². The third-order valence-corrected chi connectivity index (χ3v) is 4.85. The van der Waals surface area contributed by atoms with Gasteiger partial charge in [0.25, 0.3) is 5.89 Å². The number of hydrogen-bond acceptors (Lipinski definition) is 6. The molecule has 0 aliphatic carbocycles. The number of carboxylic acids is 1. The summed E-state index contributed by atoms with van der Waals surface area (Å²) < 4.78 is 12.9. The number of nitrogens with zero attached hydrogens (tertiary/aromatic N) is 3. The summed E-state index contributed by atoms with van der Waals surface area (Å²) in [6.45, 7) is 4.22. The van der Waals surface area contributed by atoms with Crippen LogP contribution in [0.1, 0.15) is 20.3 Å². The van der Waals surface area contributed by atoms with Gasteiger partial charge in [-0.2, -0.15) is 4.98 Å². The fourth-order valence-corrected chi connectivity index (χ4v) is 3.41. The molecule has 4 aromatic rings. The molecule has 0 saturated carbocycles. The number of rotatable bonds is 7. The third-order valence-electron chi connectivity index (χ3n) is 4.55. The molecule has 0 unspecified atom stereocenters. The Hall–Kier alpha value is -2.32. The summed E-state index contributed by atoms with van der Waals surface area (Å²) in [6.07, 6.45) is 1.83. The Morgan fingerprint density at radius 1 is 1.19 bits per heavy atom. The molecule has 31 heavy (non-hydrogen) atoms. The number of carboxylic acid groups (broad SMARTS) is 1. The van der Waals surface area contributed by atoms with Gasteiger partial charge in [0.15, 0.2) is 0 Å². The first kappa shape index (κ1) is 23.3. The van der Waals surface area contributed by atoms with Crippen LogP contribution < -0.4 is 39.4 Å². The average molecular weight is 448 g/mol. The molecule has 2 heterocycles. The molecule has 0 amide bonds. The van der Waals surface area contributed by atoms with Crippen molar-refractivity contribution in [1.29, 1.82) is 0 Å². The van der Waals surface area contributed by atoms with E-state index in [0.29, 0.717) is 34.6 Å². The second kappa shape index (κ2) is 9.87. The molecule has 2 aromatic heterocycles. The molecule has 0 saturated heterocycles. The summed E-state index contributed by atoms with van der Waals surface area (Å²) >= 11 is 6.30. The average Bonchev–Trinajstić information content (AvgIpc) is 3.34. The van der Waals surface area contributed by atoms with E-state index in [1.807, 2.05) is 54.9 Å². The van der Waals surface area contributed by atoms with Crippen LogP contribution in [-0.4, -0.2) is 26.8 Å². The van der Waals surface area contributed by atoms with Crippen LogP contribution in [-0.2, 0) is 11.3 Å². The van der Waals surface area contributed by atoms with Crippen LogP contribution >= 0.6 is 11.6 Å². The van der Waals surface area contributed by atoms with Gasteiger partial charge >= 0.3 is 29.6 Å². The monoisotopic (exact) mass is 447 g/mol. The molecule has 0 radical (unpaired) electrons. The standard InChI is InChI=1S/C22H20ClN3O4.Na/c1-13(2)29-19-6-4-16(12-17(19)23)22-24-21(25-30-22)15-3-5-18-14(11-15)7-9-26(18)10-8-20(27)28;/h3-7,9,11-13H,8,10H2,1-2H3,(H,27,28);/q;+1/p-1. The van der Waals surface area contributed by atoms with Gasteiger partial charge < -0.3 is 23.7 Å². The van der Waals surface area contributed by atoms with Crippen LogP contribution in [0, 0.1) is 0 Å². The Kier molecular flexibility index (Phi) is 7.43. The molecule has 0 atom stereocenters. The molecule has 4 rings (SSSR count). The van der Waals surface area contributed by atoms with Crippen molar-refractivity contribution in [1.82, 2.24) is 14.7 Å². The van der Waals surface area contributed by atoms with Crippen molar-refractivity contribution in [2.45, 2.75) is 32.9 Å². The molecular weight excluding hydrogens is 429 g/mol. The Bertz CT molecular complexity index is 1220. The van der Waals surface area contributed by atoms with Crippen LogP contribution in [0.15, 0.2) is 53.2 Å². The van der Waals surface area contributed by atoms with E-state index >= 15 is 0 Å². The minimum Gasteiger partial charge on any atom is -0.550 e. The number of carbonyl (C=O) groups is 1. The van der Waals surface area contributed by atoms with Gasteiger partial charge in [0, 0.05) is 47.2 Å². The maximum atomic E-state index is 10.7. The van der Waals surface area contributed by atoms with E-state index in [4.69, 9.17) is 20.9 Å². The second-order valence-electron chi connectivity index (χ2n) is 7.14. The Morgan fingerprint density at radius 2 is 1.97 bits per heavy atom. The van der Waals surface area contributed by atoms with Gasteiger partial charge in [0.2, 0.25) is 5.82 Å². The van der Waals surface area contributed by atoms with Crippen molar-refractivity contribution >= 4 is 28.5 Å². The van der Waals surface area contributed by atoms with E-state index in [9.17, 15) is 9.90 Å². The van der Waals surface area contributed by atoms with Crippen molar-refractivity contribution in [3.63, 3.8) is 0 Å². The number of fused-ring (bicyclic) bond motifs is 1. The van der Waals surface area contributed by atoms with Crippen molar-refractivity contribution in [2.24, 2.45) is 0 Å². The van der Waals surface area contributed by atoms with Gasteiger partial charge in [-0.25, -0.2) is 0 Å². The van der Waals surface area contributed by atoms with E-state index in [-0.39, 0.29) is 42.1 Å².